The average Bonchev–Trinajstić information content (AvgIpc) is 2.90. The summed E-state index contributed by atoms with van der Waals surface area (Å²) in [7, 11) is 0. The van der Waals surface area contributed by atoms with Gasteiger partial charge in [0.1, 0.15) is 6.54 Å². The van der Waals surface area contributed by atoms with Crippen molar-refractivity contribution < 1.29 is 27.4 Å². The van der Waals surface area contributed by atoms with Gasteiger partial charge < -0.3 is 19.4 Å². The Balaban J connectivity index is 1.49. The molecule has 0 aliphatic carbocycles. The first kappa shape index (κ1) is 19.1. The molecular formula is C20H18F3N3O3. The van der Waals surface area contributed by atoms with Gasteiger partial charge in [0, 0.05) is 13.0 Å². The maximum absolute atomic E-state index is 13.3. The van der Waals surface area contributed by atoms with Gasteiger partial charge in [0.2, 0.25) is 11.7 Å². The molecule has 0 bridgehead atoms. The number of amides is 1. The lowest BCUT2D eigenvalue weighted by Gasteiger charge is -2.13. The molecule has 0 spiro atoms. The van der Waals surface area contributed by atoms with E-state index in [0.717, 1.165) is 16.6 Å². The molecule has 1 aliphatic heterocycles. The van der Waals surface area contributed by atoms with Crippen LogP contribution in [0.1, 0.15) is 17.8 Å². The van der Waals surface area contributed by atoms with Crippen molar-refractivity contribution in [3.8, 4) is 11.5 Å². The summed E-state index contributed by atoms with van der Waals surface area (Å²) >= 11 is 0. The molecule has 1 aromatic heterocycles. The average molecular weight is 405 g/mol. The second-order valence-corrected chi connectivity index (χ2v) is 6.62. The Labute approximate surface area is 164 Å². The van der Waals surface area contributed by atoms with E-state index in [0.29, 0.717) is 24.7 Å². The fourth-order valence-electron chi connectivity index (χ4n) is 3.17. The van der Waals surface area contributed by atoms with Crippen molar-refractivity contribution in [1.82, 2.24) is 14.9 Å². The van der Waals surface area contributed by atoms with Gasteiger partial charge in [-0.1, -0.05) is 18.2 Å². The van der Waals surface area contributed by atoms with E-state index in [4.69, 9.17) is 9.47 Å². The molecule has 0 saturated carbocycles. The van der Waals surface area contributed by atoms with Gasteiger partial charge in [-0.3, -0.25) is 4.79 Å². The maximum atomic E-state index is 13.3. The Morgan fingerprint density at radius 3 is 2.66 bits per heavy atom. The lowest BCUT2D eigenvalue weighted by Crippen LogP contribution is -2.29. The molecule has 1 aliphatic rings. The smallest absolute Gasteiger partial charge is 0.449 e. The highest BCUT2D eigenvalue weighted by Crippen LogP contribution is 2.32. The Bertz CT molecular complexity index is 1050. The van der Waals surface area contributed by atoms with Gasteiger partial charge in [-0.15, -0.1) is 0 Å². The van der Waals surface area contributed by atoms with Gasteiger partial charge >= 0.3 is 6.18 Å². The molecule has 1 N–H and O–H groups in total. The predicted octanol–water partition coefficient (Wildman–Crippen LogP) is 3.53. The minimum Gasteiger partial charge on any atom is -0.490 e. The minimum atomic E-state index is -4.66. The van der Waals surface area contributed by atoms with Crippen molar-refractivity contribution in [2.75, 3.05) is 13.2 Å². The number of alkyl halides is 3. The second-order valence-electron chi connectivity index (χ2n) is 6.62. The molecule has 4 rings (SSSR count). The highest BCUT2D eigenvalue weighted by molar-refractivity contribution is 5.81. The summed E-state index contributed by atoms with van der Waals surface area (Å²) in [5.74, 6) is -0.415. The maximum Gasteiger partial charge on any atom is 0.449 e. The largest absolute Gasteiger partial charge is 0.490 e. The van der Waals surface area contributed by atoms with Crippen LogP contribution in [0.2, 0.25) is 0 Å². The van der Waals surface area contributed by atoms with Crippen molar-refractivity contribution in [3.63, 3.8) is 0 Å². The zero-order valence-corrected chi connectivity index (χ0v) is 15.3. The third-order valence-electron chi connectivity index (χ3n) is 4.51. The molecule has 0 saturated heterocycles. The first-order valence-electron chi connectivity index (χ1n) is 9.09. The highest BCUT2D eigenvalue weighted by atomic mass is 19.4. The van der Waals surface area contributed by atoms with E-state index in [1.807, 2.05) is 0 Å². The molecule has 3 aromatic rings. The molecule has 2 aromatic carbocycles. The van der Waals surface area contributed by atoms with Crippen LogP contribution < -0.4 is 14.8 Å². The summed E-state index contributed by atoms with van der Waals surface area (Å²) in [5.41, 5.74) is 1.20. The number of fused-ring (bicyclic) bond motifs is 2. The van der Waals surface area contributed by atoms with E-state index in [1.54, 1.807) is 30.3 Å². The molecular weight excluding hydrogens is 387 g/mol. The number of rotatable bonds is 4. The molecule has 0 fully saturated rings. The van der Waals surface area contributed by atoms with Crippen LogP contribution in [0.5, 0.6) is 11.5 Å². The fourth-order valence-corrected chi connectivity index (χ4v) is 3.17. The van der Waals surface area contributed by atoms with Gasteiger partial charge in [0.05, 0.1) is 24.2 Å². The summed E-state index contributed by atoms with van der Waals surface area (Å²) in [4.78, 5) is 16.0. The van der Waals surface area contributed by atoms with E-state index in [1.165, 1.54) is 12.1 Å². The van der Waals surface area contributed by atoms with E-state index in [2.05, 4.69) is 10.3 Å². The minimum absolute atomic E-state index is 0.156. The third kappa shape index (κ3) is 4.13. The number of hydrogen-bond acceptors (Lipinski definition) is 4. The van der Waals surface area contributed by atoms with Crippen LogP contribution >= 0.6 is 0 Å². The molecule has 0 radical (unpaired) electrons. The zero-order chi connectivity index (χ0) is 20.4. The SMILES string of the molecule is O=C(Cn1c(C(F)(F)F)nc2ccccc21)NCc1ccc2c(c1)OCCCO2. The molecule has 6 nitrogen and oxygen atoms in total. The number of carbonyl (C=O) groups is 1. The van der Waals surface area contributed by atoms with Gasteiger partial charge in [-0.25, -0.2) is 4.98 Å². The quantitative estimate of drug-likeness (QED) is 0.721. The van der Waals surface area contributed by atoms with Crippen LogP contribution in [-0.2, 0) is 24.1 Å². The fraction of sp³-hybridized carbons (Fsp3) is 0.300. The number of aromatic nitrogens is 2. The number of nitrogens with zero attached hydrogens (tertiary/aromatic N) is 2. The number of imidazole rings is 1. The van der Waals surface area contributed by atoms with E-state index in [9.17, 15) is 18.0 Å². The number of benzene rings is 2. The normalized spacial score (nSPS) is 13.9. The monoisotopic (exact) mass is 405 g/mol. The van der Waals surface area contributed by atoms with Crippen molar-refractivity contribution >= 4 is 16.9 Å². The predicted molar refractivity (Wildman–Crippen MR) is 98.6 cm³/mol. The van der Waals surface area contributed by atoms with E-state index < -0.39 is 24.5 Å². The zero-order valence-electron chi connectivity index (χ0n) is 15.3. The van der Waals surface area contributed by atoms with Crippen LogP contribution in [0.4, 0.5) is 13.2 Å². The van der Waals surface area contributed by atoms with Crippen LogP contribution in [0.15, 0.2) is 42.5 Å². The highest BCUT2D eigenvalue weighted by Gasteiger charge is 2.37. The number of hydrogen-bond donors (Lipinski definition) is 1. The lowest BCUT2D eigenvalue weighted by molar-refractivity contribution is -0.147. The summed E-state index contributed by atoms with van der Waals surface area (Å²) in [6, 6.07) is 11.5. The van der Waals surface area contributed by atoms with Crippen LogP contribution in [-0.4, -0.2) is 28.7 Å². The molecule has 29 heavy (non-hydrogen) atoms. The first-order chi connectivity index (χ1) is 13.9. The summed E-state index contributed by atoms with van der Waals surface area (Å²) in [6.07, 6.45) is -3.88. The molecule has 2 heterocycles. The van der Waals surface area contributed by atoms with Crippen LogP contribution in [0.3, 0.4) is 0 Å². The number of ether oxygens (including phenoxy) is 2. The lowest BCUT2D eigenvalue weighted by atomic mass is 10.2. The number of para-hydroxylation sites is 2. The standard InChI is InChI=1S/C20H18F3N3O3/c21-20(22,23)19-25-14-4-1-2-5-15(14)26(19)12-18(27)24-11-13-6-7-16-17(10-13)29-9-3-8-28-16/h1-2,4-7,10H,3,8-9,11-12H2,(H,24,27). The molecule has 1 amide bonds. The molecule has 0 atom stereocenters. The summed E-state index contributed by atoms with van der Waals surface area (Å²) < 4.78 is 52.1. The Kier molecular flexibility index (Phi) is 5.04. The summed E-state index contributed by atoms with van der Waals surface area (Å²) in [5, 5.41) is 2.65. The van der Waals surface area contributed by atoms with Gasteiger partial charge in [0.25, 0.3) is 0 Å². The number of halogens is 3. The van der Waals surface area contributed by atoms with Gasteiger partial charge in [0.15, 0.2) is 11.5 Å². The molecule has 9 heteroatoms. The van der Waals surface area contributed by atoms with Crippen molar-refractivity contribution in [2.24, 2.45) is 0 Å². The second kappa shape index (κ2) is 7.65. The Hall–Kier alpha value is -3.23. The van der Waals surface area contributed by atoms with Crippen molar-refractivity contribution in [2.45, 2.75) is 25.7 Å². The van der Waals surface area contributed by atoms with Crippen molar-refractivity contribution in [3.05, 3.63) is 53.9 Å². The first-order valence-corrected chi connectivity index (χ1v) is 9.09. The number of carbonyl (C=O) groups excluding carboxylic acids is 1. The van der Waals surface area contributed by atoms with Gasteiger partial charge in [-0.05, 0) is 29.8 Å². The Morgan fingerprint density at radius 2 is 1.86 bits per heavy atom. The number of nitrogens with one attached hydrogen (secondary N) is 1. The van der Waals surface area contributed by atoms with Gasteiger partial charge in [-0.2, -0.15) is 13.2 Å². The van der Waals surface area contributed by atoms with Crippen LogP contribution in [0.25, 0.3) is 11.0 Å². The van der Waals surface area contributed by atoms with E-state index >= 15 is 0 Å². The Morgan fingerprint density at radius 1 is 1.10 bits per heavy atom. The van der Waals surface area contributed by atoms with E-state index in [-0.39, 0.29) is 17.6 Å². The third-order valence-corrected chi connectivity index (χ3v) is 4.51. The topological polar surface area (TPSA) is 65.4 Å². The molecule has 152 valence electrons. The van der Waals surface area contributed by atoms with Crippen LogP contribution in [0, 0.1) is 0 Å². The molecule has 0 unspecified atom stereocenters. The summed E-state index contributed by atoms with van der Waals surface area (Å²) in [6.45, 7) is 0.781. The van der Waals surface area contributed by atoms with Crippen molar-refractivity contribution in [1.29, 1.82) is 0 Å².